The molecule has 1 saturated carbocycles. The summed E-state index contributed by atoms with van der Waals surface area (Å²) < 4.78 is 13.2. The lowest BCUT2D eigenvalue weighted by atomic mass is 10.3. The van der Waals surface area contributed by atoms with Gasteiger partial charge in [0.2, 0.25) is 5.91 Å². The molecule has 0 radical (unpaired) electrons. The number of urea groups is 1. The Balaban J connectivity index is 1.74. The van der Waals surface area contributed by atoms with Gasteiger partial charge in [-0.25, -0.2) is 9.18 Å². The number of hydrogen-bond donors (Lipinski definition) is 3. The van der Waals surface area contributed by atoms with E-state index >= 15 is 0 Å². The number of amides is 3. The van der Waals surface area contributed by atoms with Crippen molar-refractivity contribution in [3.63, 3.8) is 0 Å². The fraction of sp³-hybridized carbons (Fsp3) is 0.333. The van der Waals surface area contributed by atoms with Gasteiger partial charge in [-0.3, -0.25) is 10.1 Å². The molecule has 1 aliphatic rings. The van der Waals surface area contributed by atoms with Gasteiger partial charge in [-0.1, -0.05) is 12.1 Å². The molecule has 0 heterocycles. The van der Waals surface area contributed by atoms with Gasteiger partial charge in [-0.2, -0.15) is 0 Å². The van der Waals surface area contributed by atoms with Crippen LogP contribution in [0.25, 0.3) is 0 Å². The van der Waals surface area contributed by atoms with E-state index in [0.29, 0.717) is 0 Å². The lowest BCUT2D eigenvalue weighted by molar-refractivity contribution is -0.118. The number of benzene rings is 1. The highest BCUT2D eigenvalue weighted by Crippen LogP contribution is 2.18. The Morgan fingerprint density at radius 1 is 1.28 bits per heavy atom. The Morgan fingerprint density at radius 3 is 2.67 bits per heavy atom. The van der Waals surface area contributed by atoms with Crippen LogP contribution in [0, 0.1) is 5.82 Å². The van der Waals surface area contributed by atoms with Gasteiger partial charge in [-0.15, -0.1) is 0 Å². The monoisotopic (exact) mass is 251 g/mol. The van der Waals surface area contributed by atoms with Crippen molar-refractivity contribution >= 4 is 17.6 Å². The Kier molecular flexibility index (Phi) is 3.76. The van der Waals surface area contributed by atoms with Crippen LogP contribution in [0.2, 0.25) is 0 Å². The zero-order valence-corrected chi connectivity index (χ0v) is 9.70. The first-order chi connectivity index (χ1) is 8.65. The maximum atomic E-state index is 13.2. The average Bonchev–Trinajstić information content (AvgIpc) is 3.11. The summed E-state index contributed by atoms with van der Waals surface area (Å²) in [4.78, 5) is 22.6. The number of halogens is 1. The van der Waals surface area contributed by atoms with Gasteiger partial charge in [0.1, 0.15) is 5.82 Å². The summed E-state index contributed by atoms with van der Waals surface area (Å²) in [7, 11) is 0. The first kappa shape index (κ1) is 12.3. The molecule has 6 heteroatoms. The fourth-order valence-electron chi connectivity index (χ4n) is 1.40. The molecule has 0 aliphatic heterocycles. The summed E-state index contributed by atoms with van der Waals surface area (Å²) in [5.41, 5.74) is 0.232. The largest absolute Gasteiger partial charge is 0.374 e. The zero-order chi connectivity index (χ0) is 13.0. The van der Waals surface area contributed by atoms with Crippen molar-refractivity contribution in [3.8, 4) is 0 Å². The summed E-state index contributed by atoms with van der Waals surface area (Å²) in [6.07, 6.45) is 1.91. The molecule has 1 fully saturated rings. The van der Waals surface area contributed by atoms with Crippen molar-refractivity contribution < 1.29 is 14.0 Å². The molecule has 0 unspecified atom stereocenters. The van der Waals surface area contributed by atoms with E-state index in [0.717, 1.165) is 12.8 Å². The van der Waals surface area contributed by atoms with Crippen LogP contribution in [0.15, 0.2) is 24.3 Å². The second kappa shape index (κ2) is 5.48. The lowest BCUT2D eigenvalue weighted by Gasteiger charge is -2.08. The maximum Gasteiger partial charge on any atom is 0.321 e. The van der Waals surface area contributed by atoms with E-state index in [1.807, 2.05) is 0 Å². The highest BCUT2D eigenvalue weighted by molar-refractivity contribution is 5.96. The highest BCUT2D eigenvalue weighted by Gasteiger charge is 2.23. The summed E-state index contributed by atoms with van der Waals surface area (Å²) in [6, 6.07) is 5.72. The molecule has 1 aromatic carbocycles. The number of carbonyl (C=O) groups excluding carboxylic acids is 2. The van der Waals surface area contributed by atoms with Gasteiger partial charge in [0.25, 0.3) is 0 Å². The molecule has 1 aliphatic carbocycles. The van der Waals surface area contributed by atoms with E-state index in [9.17, 15) is 14.0 Å². The van der Waals surface area contributed by atoms with Crippen LogP contribution in [0.5, 0.6) is 0 Å². The van der Waals surface area contributed by atoms with Gasteiger partial charge >= 0.3 is 6.03 Å². The fourth-order valence-corrected chi connectivity index (χ4v) is 1.40. The predicted molar refractivity (Wildman–Crippen MR) is 64.6 cm³/mol. The molecule has 0 bridgehead atoms. The highest BCUT2D eigenvalue weighted by atomic mass is 19.1. The van der Waals surface area contributed by atoms with Crippen LogP contribution >= 0.6 is 0 Å². The minimum absolute atomic E-state index is 0.154. The van der Waals surface area contributed by atoms with Crippen LogP contribution in [-0.2, 0) is 4.79 Å². The van der Waals surface area contributed by atoms with Crippen LogP contribution in [-0.4, -0.2) is 24.5 Å². The van der Waals surface area contributed by atoms with Crippen LogP contribution in [0.1, 0.15) is 12.8 Å². The van der Waals surface area contributed by atoms with Gasteiger partial charge < -0.3 is 10.6 Å². The van der Waals surface area contributed by atoms with Gasteiger partial charge in [0.05, 0.1) is 12.2 Å². The molecule has 3 amide bonds. The first-order valence-electron chi connectivity index (χ1n) is 5.74. The summed E-state index contributed by atoms with van der Waals surface area (Å²) in [5.74, 6) is -0.941. The maximum absolute atomic E-state index is 13.2. The smallest absolute Gasteiger partial charge is 0.321 e. The van der Waals surface area contributed by atoms with Crippen molar-refractivity contribution in [2.75, 3.05) is 11.9 Å². The van der Waals surface area contributed by atoms with E-state index in [1.165, 1.54) is 12.1 Å². The molecular weight excluding hydrogens is 237 g/mol. The molecule has 18 heavy (non-hydrogen) atoms. The van der Waals surface area contributed by atoms with Crippen molar-refractivity contribution in [3.05, 3.63) is 30.1 Å². The number of para-hydroxylation sites is 1. The lowest BCUT2D eigenvalue weighted by Crippen LogP contribution is -2.42. The third-order valence-electron chi connectivity index (χ3n) is 2.48. The Hall–Kier alpha value is -2.11. The summed E-state index contributed by atoms with van der Waals surface area (Å²) >= 11 is 0. The topological polar surface area (TPSA) is 70.2 Å². The summed E-state index contributed by atoms with van der Waals surface area (Å²) in [5, 5.41) is 7.41. The van der Waals surface area contributed by atoms with E-state index in [4.69, 9.17) is 0 Å². The SMILES string of the molecule is O=C(CNc1ccccc1F)NC(=O)NC1CC1. The van der Waals surface area contributed by atoms with Crippen LogP contribution in [0.3, 0.4) is 0 Å². The summed E-state index contributed by atoms with van der Waals surface area (Å²) in [6.45, 7) is -0.154. The normalized spacial score (nSPS) is 13.8. The predicted octanol–water partition coefficient (Wildman–Crippen LogP) is 1.23. The van der Waals surface area contributed by atoms with Crippen LogP contribution < -0.4 is 16.0 Å². The quantitative estimate of drug-likeness (QED) is 0.753. The third kappa shape index (κ3) is 3.73. The molecule has 96 valence electrons. The minimum Gasteiger partial charge on any atom is -0.374 e. The standard InChI is InChI=1S/C12H14FN3O2/c13-9-3-1-2-4-10(9)14-7-11(17)16-12(18)15-8-5-6-8/h1-4,8,14H,5-7H2,(H2,15,16,17,18). The van der Waals surface area contributed by atoms with Gasteiger partial charge in [0, 0.05) is 6.04 Å². The molecule has 0 aromatic heterocycles. The molecule has 0 spiro atoms. The zero-order valence-electron chi connectivity index (χ0n) is 9.70. The van der Waals surface area contributed by atoms with E-state index in [1.54, 1.807) is 12.1 Å². The van der Waals surface area contributed by atoms with Gasteiger partial charge in [-0.05, 0) is 25.0 Å². The van der Waals surface area contributed by atoms with Gasteiger partial charge in [0.15, 0.2) is 0 Å². The van der Waals surface area contributed by atoms with E-state index in [-0.39, 0.29) is 18.3 Å². The van der Waals surface area contributed by atoms with E-state index in [2.05, 4.69) is 16.0 Å². The first-order valence-corrected chi connectivity index (χ1v) is 5.74. The van der Waals surface area contributed by atoms with Crippen molar-refractivity contribution in [2.45, 2.75) is 18.9 Å². The number of rotatable bonds is 4. The third-order valence-corrected chi connectivity index (χ3v) is 2.48. The van der Waals surface area contributed by atoms with Crippen molar-refractivity contribution in [1.82, 2.24) is 10.6 Å². The Labute approximate surface area is 104 Å². The molecule has 3 N–H and O–H groups in total. The average molecular weight is 251 g/mol. The number of nitrogens with one attached hydrogen (secondary N) is 3. The molecule has 0 saturated heterocycles. The second-order valence-electron chi connectivity index (χ2n) is 4.13. The van der Waals surface area contributed by atoms with Crippen LogP contribution in [0.4, 0.5) is 14.9 Å². The van der Waals surface area contributed by atoms with E-state index < -0.39 is 17.8 Å². The Bertz CT molecular complexity index is 460. The molecule has 5 nitrogen and oxygen atoms in total. The van der Waals surface area contributed by atoms with Crippen molar-refractivity contribution in [1.29, 1.82) is 0 Å². The minimum atomic E-state index is -0.503. The molecule has 2 rings (SSSR count). The number of anilines is 1. The Morgan fingerprint density at radius 2 is 2.00 bits per heavy atom. The number of hydrogen-bond acceptors (Lipinski definition) is 3. The molecule has 0 atom stereocenters. The molecule has 1 aromatic rings. The number of imide groups is 1. The molecular formula is C12H14FN3O2. The number of carbonyl (C=O) groups is 2. The second-order valence-corrected chi connectivity index (χ2v) is 4.13. The van der Waals surface area contributed by atoms with Crippen molar-refractivity contribution in [2.24, 2.45) is 0 Å².